The number of carbonyl (C=O) groups excluding carboxylic acids is 2. The van der Waals surface area contributed by atoms with Gasteiger partial charge in [0.2, 0.25) is 5.91 Å². The SMILES string of the molecule is CC1CC(NC(=O)CCNC(=O)N2CCc3ccccc3C2)CCN1.Cl. The molecule has 2 unspecified atom stereocenters. The molecule has 2 aliphatic rings. The topological polar surface area (TPSA) is 73.5 Å². The van der Waals surface area contributed by atoms with Gasteiger partial charge < -0.3 is 20.9 Å². The molecule has 2 atom stereocenters. The first-order valence-corrected chi connectivity index (χ1v) is 9.24. The Labute approximate surface area is 161 Å². The average molecular weight is 381 g/mol. The van der Waals surface area contributed by atoms with Gasteiger partial charge in [-0.25, -0.2) is 4.79 Å². The number of piperidine rings is 1. The maximum absolute atomic E-state index is 12.3. The van der Waals surface area contributed by atoms with Crippen molar-refractivity contribution >= 4 is 24.3 Å². The molecular formula is C19H29ClN4O2. The van der Waals surface area contributed by atoms with Crippen molar-refractivity contribution in [3.05, 3.63) is 35.4 Å². The molecule has 1 saturated heterocycles. The highest BCUT2D eigenvalue weighted by molar-refractivity contribution is 5.85. The molecule has 2 heterocycles. The highest BCUT2D eigenvalue weighted by Gasteiger charge is 2.21. The van der Waals surface area contributed by atoms with E-state index in [1.807, 2.05) is 17.0 Å². The predicted octanol–water partition coefficient (Wildman–Crippen LogP) is 1.82. The van der Waals surface area contributed by atoms with Crippen LogP contribution in [0.1, 0.15) is 37.3 Å². The van der Waals surface area contributed by atoms with Crippen molar-refractivity contribution in [1.29, 1.82) is 0 Å². The van der Waals surface area contributed by atoms with Crippen LogP contribution in [0.5, 0.6) is 0 Å². The third-order valence-electron chi connectivity index (χ3n) is 5.03. The summed E-state index contributed by atoms with van der Waals surface area (Å²) in [5.74, 6) is 0.0170. The van der Waals surface area contributed by atoms with Gasteiger partial charge in [-0.15, -0.1) is 12.4 Å². The van der Waals surface area contributed by atoms with Gasteiger partial charge in [-0.2, -0.15) is 0 Å². The number of hydrogen-bond acceptors (Lipinski definition) is 3. The fourth-order valence-corrected chi connectivity index (χ4v) is 3.63. The van der Waals surface area contributed by atoms with E-state index in [-0.39, 0.29) is 30.4 Å². The Bertz CT molecular complexity index is 625. The molecule has 0 bridgehead atoms. The predicted molar refractivity (Wildman–Crippen MR) is 104 cm³/mol. The fourth-order valence-electron chi connectivity index (χ4n) is 3.63. The number of hydrogen-bond donors (Lipinski definition) is 3. The van der Waals surface area contributed by atoms with E-state index in [4.69, 9.17) is 0 Å². The fraction of sp³-hybridized carbons (Fsp3) is 0.579. The van der Waals surface area contributed by atoms with Gasteiger partial charge in [0.1, 0.15) is 0 Å². The first-order valence-electron chi connectivity index (χ1n) is 9.24. The van der Waals surface area contributed by atoms with Gasteiger partial charge in [-0.3, -0.25) is 4.79 Å². The maximum Gasteiger partial charge on any atom is 0.317 e. The smallest absolute Gasteiger partial charge is 0.317 e. The molecule has 0 saturated carbocycles. The summed E-state index contributed by atoms with van der Waals surface area (Å²) in [5, 5.41) is 9.32. The Morgan fingerprint density at radius 1 is 1.27 bits per heavy atom. The van der Waals surface area contributed by atoms with Crippen molar-refractivity contribution in [2.45, 2.75) is 51.2 Å². The quantitative estimate of drug-likeness (QED) is 0.746. The zero-order chi connectivity index (χ0) is 17.6. The normalized spacial score (nSPS) is 22.0. The molecule has 0 aliphatic carbocycles. The number of carbonyl (C=O) groups is 2. The molecule has 1 aromatic carbocycles. The third-order valence-corrected chi connectivity index (χ3v) is 5.03. The second kappa shape index (κ2) is 9.78. The van der Waals surface area contributed by atoms with Crippen molar-refractivity contribution in [2.24, 2.45) is 0 Å². The number of halogens is 1. The van der Waals surface area contributed by atoms with Crippen LogP contribution in [0, 0.1) is 0 Å². The van der Waals surface area contributed by atoms with Gasteiger partial charge in [0.15, 0.2) is 0 Å². The number of nitrogens with one attached hydrogen (secondary N) is 3. The molecule has 3 amide bonds. The Balaban J connectivity index is 0.00000243. The van der Waals surface area contributed by atoms with Crippen molar-refractivity contribution in [2.75, 3.05) is 19.6 Å². The van der Waals surface area contributed by atoms with E-state index in [0.29, 0.717) is 25.6 Å². The second-order valence-corrected chi connectivity index (χ2v) is 7.07. The Kier molecular flexibility index (Phi) is 7.72. The second-order valence-electron chi connectivity index (χ2n) is 7.07. The molecule has 0 aromatic heterocycles. The van der Waals surface area contributed by atoms with E-state index >= 15 is 0 Å². The first kappa shape index (κ1) is 20.5. The molecule has 2 aliphatic heterocycles. The number of benzene rings is 1. The van der Waals surface area contributed by atoms with Crippen LogP contribution < -0.4 is 16.0 Å². The molecule has 0 spiro atoms. The summed E-state index contributed by atoms with van der Waals surface area (Å²) < 4.78 is 0. The summed E-state index contributed by atoms with van der Waals surface area (Å²) in [4.78, 5) is 26.2. The van der Waals surface area contributed by atoms with E-state index in [0.717, 1.165) is 32.4 Å². The van der Waals surface area contributed by atoms with Crippen LogP contribution in [-0.4, -0.2) is 48.6 Å². The highest BCUT2D eigenvalue weighted by atomic mass is 35.5. The molecule has 3 N–H and O–H groups in total. The van der Waals surface area contributed by atoms with E-state index in [9.17, 15) is 9.59 Å². The summed E-state index contributed by atoms with van der Waals surface area (Å²) in [6.07, 6.45) is 3.15. The molecule has 6 nitrogen and oxygen atoms in total. The largest absolute Gasteiger partial charge is 0.353 e. The van der Waals surface area contributed by atoms with Gasteiger partial charge in [0, 0.05) is 38.1 Å². The lowest BCUT2D eigenvalue weighted by atomic mass is 10.0. The average Bonchev–Trinajstić information content (AvgIpc) is 2.61. The molecule has 0 radical (unpaired) electrons. The van der Waals surface area contributed by atoms with Gasteiger partial charge in [-0.05, 0) is 43.9 Å². The summed E-state index contributed by atoms with van der Waals surface area (Å²) in [6.45, 7) is 4.82. The molecule has 144 valence electrons. The van der Waals surface area contributed by atoms with Crippen LogP contribution in [0.4, 0.5) is 4.79 Å². The molecule has 26 heavy (non-hydrogen) atoms. The van der Waals surface area contributed by atoms with Gasteiger partial charge in [0.05, 0.1) is 0 Å². The number of amides is 3. The summed E-state index contributed by atoms with van der Waals surface area (Å²) in [7, 11) is 0. The lowest BCUT2D eigenvalue weighted by Crippen LogP contribution is -2.47. The lowest BCUT2D eigenvalue weighted by molar-refractivity contribution is -0.121. The minimum atomic E-state index is -0.0854. The molecule has 7 heteroatoms. The van der Waals surface area contributed by atoms with Gasteiger partial charge in [-0.1, -0.05) is 24.3 Å². The minimum Gasteiger partial charge on any atom is -0.353 e. The standard InChI is InChI=1S/C19H28N4O2.ClH/c1-14-12-17(6-9-20-14)22-18(24)7-10-21-19(25)23-11-8-15-4-2-3-5-16(15)13-23;/h2-5,14,17,20H,6-13H2,1H3,(H,21,25)(H,22,24);1H. The van der Waals surface area contributed by atoms with Crippen LogP contribution >= 0.6 is 12.4 Å². The number of nitrogens with zero attached hydrogens (tertiary/aromatic N) is 1. The Morgan fingerprint density at radius 3 is 2.81 bits per heavy atom. The molecule has 1 fully saturated rings. The van der Waals surface area contributed by atoms with Crippen LogP contribution in [-0.2, 0) is 17.8 Å². The van der Waals surface area contributed by atoms with Gasteiger partial charge >= 0.3 is 6.03 Å². The summed E-state index contributed by atoms with van der Waals surface area (Å²) in [5.41, 5.74) is 2.53. The third kappa shape index (κ3) is 5.61. The van der Waals surface area contributed by atoms with E-state index in [2.05, 4.69) is 35.0 Å². The lowest BCUT2D eigenvalue weighted by Gasteiger charge is -2.29. The minimum absolute atomic E-state index is 0. The van der Waals surface area contributed by atoms with Crippen LogP contribution in [0.25, 0.3) is 0 Å². The molecular weight excluding hydrogens is 352 g/mol. The number of urea groups is 1. The number of rotatable bonds is 4. The van der Waals surface area contributed by atoms with Crippen LogP contribution in [0.2, 0.25) is 0 Å². The highest BCUT2D eigenvalue weighted by Crippen LogP contribution is 2.18. The summed E-state index contributed by atoms with van der Waals surface area (Å²) in [6, 6.07) is 8.85. The molecule has 1 aromatic rings. The Morgan fingerprint density at radius 2 is 2.04 bits per heavy atom. The zero-order valence-electron chi connectivity index (χ0n) is 15.3. The van der Waals surface area contributed by atoms with E-state index in [1.165, 1.54) is 11.1 Å². The van der Waals surface area contributed by atoms with Crippen molar-refractivity contribution in [3.8, 4) is 0 Å². The first-order chi connectivity index (χ1) is 12.1. The van der Waals surface area contributed by atoms with E-state index < -0.39 is 0 Å². The van der Waals surface area contributed by atoms with Crippen LogP contribution in [0.15, 0.2) is 24.3 Å². The number of fused-ring (bicyclic) bond motifs is 1. The summed E-state index contributed by atoms with van der Waals surface area (Å²) >= 11 is 0. The van der Waals surface area contributed by atoms with Crippen LogP contribution in [0.3, 0.4) is 0 Å². The monoisotopic (exact) mass is 380 g/mol. The van der Waals surface area contributed by atoms with Crippen molar-refractivity contribution < 1.29 is 9.59 Å². The Hall–Kier alpha value is -1.79. The van der Waals surface area contributed by atoms with Crippen molar-refractivity contribution in [3.63, 3.8) is 0 Å². The molecule has 3 rings (SSSR count). The maximum atomic E-state index is 12.3. The van der Waals surface area contributed by atoms with Gasteiger partial charge in [0.25, 0.3) is 0 Å². The van der Waals surface area contributed by atoms with E-state index in [1.54, 1.807) is 0 Å². The van der Waals surface area contributed by atoms with Crippen molar-refractivity contribution in [1.82, 2.24) is 20.9 Å². The zero-order valence-corrected chi connectivity index (χ0v) is 16.1.